The van der Waals surface area contributed by atoms with Crippen LogP contribution in [0.5, 0.6) is 0 Å². The second-order valence-corrected chi connectivity index (χ2v) is 8.91. The van der Waals surface area contributed by atoms with E-state index in [2.05, 4.69) is 20.3 Å². The van der Waals surface area contributed by atoms with Gasteiger partial charge in [0.1, 0.15) is 5.82 Å². The number of pyridine rings is 1. The first-order valence-electron chi connectivity index (χ1n) is 8.83. The van der Waals surface area contributed by atoms with Crippen molar-refractivity contribution in [2.45, 2.75) is 19.4 Å². The van der Waals surface area contributed by atoms with Gasteiger partial charge in [-0.15, -0.1) is 0 Å². The Morgan fingerprint density at radius 1 is 1.31 bits per heavy atom. The van der Waals surface area contributed by atoms with Gasteiger partial charge in [0.25, 0.3) is 12.4 Å². The summed E-state index contributed by atoms with van der Waals surface area (Å²) in [5, 5.41) is 9.70. The molecule has 152 valence electrons. The van der Waals surface area contributed by atoms with Crippen LogP contribution in [-0.2, 0) is 14.6 Å². The monoisotopic (exact) mass is 416 g/mol. The molecule has 3 aromatic rings. The van der Waals surface area contributed by atoms with Crippen LogP contribution in [-0.4, -0.2) is 58.4 Å². The number of carbonyl (C=O) groups is 2. The lowest BCUT2D eigenvalue weighted by atomic mass is 10.0. The number of imidazole rings is 1. The van der Waals surface area contributed by atoms with Gasteiger partial charge in [-0.05, 0) is 37.1 Å². The molecule has 0 radical (unpaired) electrons. The molecule has 3 heterocycles. The summed E-state index contributed by atoms with van der Waals surface area (Å²) < 4.78 is 23.1. The highest BCUT2D eigenvalue weighted by molar-refractivity contribution is 7.91. The lowest BCUT2D eigenvalue weighted by Crippen LogP contribution is -2.35. The van der Waals surface area contributed by atoms with Crippen molar-refractivity contribution in [1.29, 1.82) is 0 Å². The van der Waals surface area contributed by atoms with Gasteiger partial charge >= 0.3 is 0 Å². The van der Waals surface area contributed by atoms with Gasteiger partial charge in [-0.2, -0.15) is 0 Å². The summed E-state index contributed by atoms with van der Waals surface area (Å²) in [5.41, 5.74) is 3.72. The van der Waals surface area contributed by atoms with Crippen molar-refractivity contribution in [3.8, 4) is 11.1 Å². The maximum atomic E-state index is 12.5. The zero-order valence-electron chi connectivity index (χ0n) is 15.6. The molecular weight excluding hydrogens is 396 g/mol. The number of nitrogens with one attached hydrogen (secondary N) is 2. The highest BCUT2D eigenvalue weighted by Gasteiger charge is 2.29. The number of rotatable bonds is 3. The lowest BCUT2D eigenvalue weighted by Gasteiger charge is -2.11. The van der Waals surface area contributed by atoms with E-state index in [4.69, 9.17) is 9.90 Å². The molecule has 1 unspecified atom stereocenters. The van der Waals surface area contributed by atoms with Gasteiger partial charge in [-0.3, -0.25) is 9.59 Å². The van der Waals surface area contributed by atoms with Crippen molar-refractivity contribution in [1.82, 2.24) is 20.3 Å². The fourth-order valence-corrected chi connectivity index (χ4v) is 4.87. The number of sulfone groups is 1. The quantitative estimate of drug-likeness (QED) is 0.550. The maximum Gasteiger partial charge on any atom is 0.290 e. The number of aryl methyl sites for hydroxylation is 1. The molecule has 1 aliphatic rings. The van der Waals surface area contributed by atoms with Crippen LogP contribution in [0.4, 0.5) is 0 Å². The Morgan fingerprint density at radius 3 is 2.76 bits per heavy atom. The van der Waals surface area contributed by atoms with E-state index in [0.717, 1.165) is 22.5 Å². The number of aromatic nitrogens is 3. The number of amides is 1. The standard InChI is InChI=1S/C18H18N4O3S.CH2O2/c1-11-20-16-8-14(9-19-17(16)21-11)12-3-2-4-13(7-12)18(23)22-15-5-6-26(24,25)10-15;2-1-3/h2-4,7-9,15H,5-6,10H2,1H3,(H,22,23)(H,19,20,21);1H,(H,2,3). The first-order chi connectivity index (χ1) is 13.8. The summed E-state index contributed by atoms with van der Waals surface area (Å²) >= 11 is 0. The van der Waals surface area contributed by atoms with Crippen molar-refractivity contribution in [3.05, 3.63) is 47.9 Å². The molecule has 1 saturated heterocycles. The zero-order valence-corrected chi connectivity index (χ0v) is 16.4. The number of hydrogen-bond donors (Lipinski definition) is 3. The molecule has 1 atom stereocenters. The van der Waals surface area contributed by atoms with Crippen LogP contribution < -0.4 is 5.32 Å². The van der Waals surface area contributed by atoms with Crippen LogP contribution in [0.2, 0.25) is 0 Å². The first kappa shape index (κ1) is 20.5. The minimum absolute atomic E-state index is 0.0121. The first-order valence-corrected chi connectivity index (χ1v) is 10.7. The van der Waals surface area contributed by atoms with Gasteiger partial charge in [0.2, 0.25) is 0 Å². The van der Waals surface area contributed by atoms with Crippen molar-refractivity contribution >= 4 is 33.4 Å². The van der Waals surface area contributed by atoms with E-state index in [9.17, 15) is 13.2 Å². The Balaban J connectivity index is 0.000000755. The summed E-state index contributed by atoms with van der Waals surface area (Å²) in [5.74, 6) is 0.676. The maximum absolute atomic E-state index is 12.5. The van der Waals surface area contributed by atoms with Gasteiger partial charge in [0.15, 0.2) is 15.5 Å². The van der Waals surface area contributed by atoms with Gasteiger partial charge in [-0.1, -0.05) is 12.1 Å². The van der Waals surface area contributed by atoms with Gasteiger partial charge < -0.3 is 15.4 Å². The lowest BCUT2D eigenvalue weighted by molar-refractivity contribution is -0.122. The second-order valence-electron chi connectivity index (χ2n) is 6.68. The highest BCUT2D eigenvalue weighted by Crippen LogP contribution is 2.23. The van der Waals surface area contributed by atoms with Gasteiger partial charge in [0, 0.05) is 23.4 Å². The fraction of sp³-hybridized carbons (Fsp3) is 0.263. The molecule has 1 fully saturated rings. The Hall–Kier alpha value is -3.27. The van der Waals surface area contributed by atoms with Crippen molar-refractivity contribution < 1.29 is 23.1 Å². The molecule has 0 aliphatic carbocycles. The van der Waals surface area contributed by atoms with Crippen LogP contribution >= 0.6 is 0 Å². The molecular formula is C19H20N4O5S. The average Bonchev–Trinajstić information content (AvgIpc) is 3.22. The number of carbonyl (C=O) groups excluding carboxylic acids is 1. The van der Waals surface area contributed by atoms with E-state index in [-0.39, 0.29) is 29.9 Å². The average molecular weight is 416 g/mol. The van der Waals surface area contributed by atoms with Crippen molar-refractivity contribution in [2.24, 2.45) is 0 Å². The van der Waals surface area contributed by atoms with Crippen LogP contribution in [0, 0.1) is 6.92 Å². The van der Waals surface area contributed by atoms with Gasteiger partial charge in [-0.25, -0.2) is 18.4 Å². The minimum Gasteiger partial charge on any atom is -0.483 e. The molecule has 1 aliphatic heterocycles. The van der Waals surface area contributed by atoms with Crippen LogP contribution in [0.3, 0.4) is 0 Å². The van der Waals surface area contributed by atoms with E-state index in [1.807, 2.05) is 19.1 Å². The predicted octanol–water partition coefficient (Wildman–Crippen LogP) is 1.55. The van der Waals surface area contributed by atoms with E-state index >= 15 is 0 Å². The molecule has 10 heteroatoms. The van der Waals surface area contributed by atoms with Crippen molar-refractivity contribution in [2.75, 3.05) is 11.5 Å². The normalized spacial score (nSPS) is 17.3. The van der Waals surface area contributed by atoms with Crippen LogP contribution in [0.15, 0.2) is 36.5 Å². The number of carboxylic acid groups (broad SMARTS) is 1. The molecule has 1 amide bonds. The molecule has 9 nitrogen and oxygen atoms in total. The molecule has 2 aromatic heterocycles. The largest absolute Gasteiger partial charge is 0.483 e. The number of hydrogen-bond acceptors (Lipinski definition) is 6. The number of benzene rings is 1. The summed E-state index contributed by atoms with van der Waals surface area (Å²) in [7, 11) is -3.03. The molecule has 1 aromatic carbocycles. The van der Waals surface area contributed by atoms with Crippen LogP contribution in [0.1, 0.15) is 22.6 Å². The third kappa shape index (κ3) is 4.96. The third-order valence-corrected chi connectivity index (χ3v) is 6.25. The number of fused-ring (bicyclic) bond motifs is 1. The molecule has 29 heavy (non-hydrogen) atoms. The number of nitrogens with zero attached hydrogens (tertiary/aromatic N) is 2. The number of H-pyrrole nitrogens is 1. The SMILES string of the molecule is Cc1nc2ncc(-c3cccc(C(=O)NC4CCS(=O)(=O)C4)c3)cc2[nH]1.O=CO. The zero-order chi connectivity index (χ0) is 21.0. The summed E-state index contributed by atoms with van der Waals surface area (Å²) in [4.78, 5) is 32.6. The molecule has 0 saturated carbocycles. The Morgan fingerprint density at radius 2 is 2.07 bits per heavy atom. The summed E-state index contributed by atoms with van der Waals surface area (Å²) in [6.45, 7) is 1.62. The highest BCUT2D eigenvalue weighted by atomic mass is 32.2. The Kier molecular flexibility index (Phi) is 5.92. The summed E-state index contributed by atoms with van der Waals surface area (Å²) in [6, 6.07) is 8.84. The van der Waals surface area contributed by atoms with E-state index in [0.29, 0.717) is 17.6 Å². The van der Waals surface area contributed by atoms with E-state index in [1.54, 1.807) is 24.4 Å². The Labute approximate surface area is 167 Å². The fourth-order valence-electron chi connectivity index (χ4n) is 3.20. The number of aromatic amines is 1. The molecule has 0 bridgehead atoms. The van der Waals surface area contributed by atoms with E-state index < -0.39 is 9.84 Å². The van der Waals surface area contributed by atoms with E-state index in [1.165, 1.54) is 0 Å². The predicted molar refractivity (Wildman–Crippen MR) is 107 cm³/mol. The molecule has 3 N–H and O–H groups in total. The minimum atomic E-state index is -3.03. The summed E-state index contributed by atoms with van der Waals surface area (Å²) in [6.07, 6.45) is 2.19. The smallest absolute Gasteiger partial charge is 0.290 e. The van der Waals surface area contributed by atoms with Crippen molar-refractivity contribution in [3.63, 3.8) is 0 Å². The molecule has 4 rings (SSSR count). The molecule has 0 spiro atoms. The second kappa shape index (κ2) is 8.39. The third-order valence-electron chi connectivity index (χ3n) is 4.48. The topological polar surface area (TPSA) is 142 Å². The Bertz CT molecular complexity index is 1160. The van der Waals surface area contributed by atoms with Gasteiger partial charge in [0.05, 0.1) is 17.0 Å². The van der Waals surface area contributed by atoms with Crippen LogP contribution in [0.25, 0.3) is 22.3 Å².